The second kappa shape index (κ2) is 7.48. The van der Waals surface area contributed by atoms with Crippen LogP contribution in [0.15, 0.2) is 30.6 Å². The van der Waals surface area contributed by atoms with E-state index >= 15 is 0 Å². The van der Waals surface area contributed by atoms with Crippen LogP contribution < -0.4 is 14.8 Å². The molecule has 0 aliphatic heterocycles. The number of hydrogen-bond acceptors (Lipinski definition) is 7. The Kier molecular flexibility index (Phi) is 5.04. The highest BCUT2D eigenvalue weighted by atomic mass is 16.5. The molecule has 1 amide bonds. The van der Waals surface area contributed by atoms with Crippen molar-refractivity contribution in [2.45, 2.75) is 46.8 Å². The summed E-state index contributed by atoms with van der Waals surface area (Å²) in [6, 6.07) is 7.07. The maximum absolute atomic E-state index is 13.1. The minimum Gasteiger partial charge on any atom is -0.481 e. The monoisotopic (exact) mass is 434 g/mol. The fourth-order valence-electron chi connectivity index (χ4n) is 4.98. The molecule has 0 spiro atoms. The first-order valence-corrected chi connectivity index (χ1v) is 10.3. The van der Waals surface area contributed by atoms with Gasteiger partial charge in [-0.25, -0.2) is 9.97 Å². The van der Waals surface area contributed by atoms with Crippen LogP contribution in [0, 0.1) is 29.1 Å². The standard InChI is InChI=1S/C23H26N6O3/c1-13-14(11-24)7-8-17(26-13)32-20-22(2,3)19(23(20,4)5)28-18(30)15-12-25-21-27-16(31-6)9-10-29(15)21/h7-10,12,19-20H,1-6H3,(H,28,30). The van der Waals surface area contributed by atoms with Crippen molar-refractivity contribution in [2.24, 2.45) is 10.8 Å². The SMILES string of the molecule is COc1ccn2c(C(=O)NC3C(C)(C)C(Oc4ccc(C#N)c(C)n4)C3(C)C)cnc2n1. The molecule has 0 unspecified atom stereocenters. The number of carbonyl (C=O) groups is 1. The maximum Gasteiger partial charge on any atom is 0.270 e. The van der Waals surface area contributed by atoms with Crippen LogP contribution >= 0.6 is 0 Å². The summed E-state index contributed by atoms with van der Waals surface area (Å²) in [5.74, 6) is 1.06. The number of aryl methyl sites for hydroxylation is 1. The Hall–Kier alpha value is -3.67. The van der Waals surface area contributed by atoms with E-state index < -0.39 is 0 Å². The Morgan fingerprint density at radius 3 is 2.50 bits per heavy atom. The lowest BCUT2D eigenvalue weighted by molar-refractivity contribution is -0.165. The molecule has 166 valence electrons. The fraction of sp³-hybridized carbons (Fsp3) is 0.435. The molecule has 1 fully saturated rings. The molecule has 4 rings (SSSR count). The minimum atomic E-state index is -0.357. The first-order chi connectivity index (χ1) is 15.1. The highest BCUT2D eigenvalue weighted by molar-refractivity contribution is 5.93. The molecule has 1 aliphatic rings. The fourth-order valence-corrected chi connectivity index (χ4v) is 4.98. The van der Waals surface area contributed by atoms with E-state index in [9.17, 15) is 4.79 Å². The summed E-state index contributed by atoms with van der Waals surface area (Å²) in [7, 11) is 1.53. The third-order valence-electron chi connectivity index (χ3n) is 6.33. The summed E-state index contributed by atoms with van der Waals surface area (Å²) in [5, 5.41) is 12.3. The van der Waals surface area contributed by atoms with Crippen LogP contribution in [0.5, 0.6) is 11.8 Å². The number of nitrogens with zero attached hydrogens (tertiary/aromatic N) is 5. The van der Waals surface area contributed by atoms with E-state index in [4.69, 9.17) is 14.7 Å². The highest BCUT2D eigenvalue weighted by Gasteiger charge is 2.64. The van der Waals surface area contributed by atoms with Crippen molar-refractivity contribution >= 4 is 11.7 Å². The molecule has 9 nitrogen and oxygen atoms in total. The molecule has 1 aliphatic carbocycles. The molecule has 3 heterocycles. The summed E-state index contributed by atoms with van der Waals surface area (Å²) in [6.45, 7) is 10.0. The number of rotatable bonds is 5. The number of nitriles is 1. The van der Waals surface area contributed by atoms with Crippen molar-refractivity contribution in [3.05, 3.63) is 47.5 Å². The number of methoxy groups -OCH3 is 1. The molecule has 3 aromatic rings. The second-order valence-corrected chi connectivity index (χ2v) is 9.22. The molecule has 9 heteroatoms. The molecule has 32 heavy (non-hydrogen) atoms. The lowest BCUT2D eigenvalue weighted by atomic mass is 9.49. The molecular weight excluding hydrogens is 408 g/mol. The second-order valence-electron chi connectivity index (χ2n) is 9.22. The van der Waals surface area contributed by atoms with Gasteiger partial charge in [0, 0.05) is 35.2 Å². The zero-order valence-electron chi connectivity index (χ0n) is 19.0. The van der Waals surface area contributed by atoms with Crippen LogP contribution in [-0.2, 0) is 0 Å². The van der Waals surface area contributed by atoms with Crippen molar-refractivity contribution in [1.29, 1.82) is 5.26 Å². The predicted molar refractivity (Wildman–Crippen MR) is 116 cm³/mol. The normalized spacial score (nSPS) is 20.8. The molecule has 3 aromatic heterocycles. The van der Waals surface area contributed by atoms with E-state index in [-0.39, 0.29) is 28.9 Å². The van der Waals surface area contributed by atoms with Gasteiger partial charge in [0.1, 0.15) is 17.9 Å². The van der Waals surface area contributed by atoms with Gasteiger partial charge >= 0.3 is 0 Å². The van der Waals surface area contributed by atoms with Crippen LogP contribution in [-0.4, -0.2) is 44.5 Å². The number of hydrogen-bond donors (Lipinski definition) is 1. The lowest BCUT2D eigenvalue weighted by Crippen LogP contribution is -2.74. The first-order valence-electron chi connectivity index (χ1n) is 10.3. The van der Waals surface area contributed by atoms with Crippen LogP contribution in [0.2, 0.25) is 0 Å². The van der Waals surface area contributed by atoms with Gasteiger partial charge in [0.15, 0.2) is 0 Å². The number of nitrogens with one attached hydrogen (secondary N) is 1. The molecule has 1 N–H and O–H groups in total. The summed E-state index contributed by atoms with van der Waals surface area (Å²) in [4.78, 5) is 26.0. The lowest BCUT2D eigenvalue weighted by Gasteiger charge is -2.62. The van der Waals surface area contributed by atoms with Gasteiger partial charge in [0.05, 0.1) is 24.6 Å². The van der Waals surface area contributed by atoms with Gasteiger partial charge in [-0.05, 0) is 13.0 Å². The number of pyridine rings is 1. The summed E-state index contributed by atoms with van der Waals surface area (Å²) < 4.78 is 13.0. The zero-order chi connectivity index (χ0) is 23.3. The number of ether oxygens (including phenoxy) is 2. The summed E-state index contributed by atoms with van der Waals surface area (Å²) in [5.41, 5.74) is 0.836. The number of amides is 1. The van der Waals surface area contributed by atoms with Crippen molar-refractivity contribution in [3.63, 3.8) is 0 Å². The van der Waals surface area contributed by atoms with E-state index in [1.165, 1.54) is 13.3 Å². The first kappa shape index (κ1) is 21.6. The Bertz CT molecular complexity index is 1220. The van der Waals surface area contributed by atoms with Crippen molar-refractivity contribution in [1.82, 2.24) is 24.7 Å². The van der Waals surface area contributed by atoms with Gasteiger partial charge < -0.3 is 14.8 Å². The van der Waals surface area contributed by atoms with Crippen LogP contribution in [0.3, 0.4) is 0 Å². The summed E-state index contributed by atoms with van der Waals surface area (Å²) in [6.07, 6.45) is 3.03. The number of aromatic nitrogens is 4. The Labute approximate surface area is 186 Å². The number of carbonyl (C=O) groups excluding carboxylic acids is 1. The van der Waals surface area contributed by atoms with E-state index in [0.717, 1.165) is 0 Å². The quantitative estimate of drug-likeness (QED) is 0.656. The van der Waals surface area contributed by atoms with Gasteiger partial charge in [-0.1, -0.05) is 27.7 Å². The van der Waals surface area contributed by atoms with Gasteiger partial charge in [0.25, 0.3) is 5.91 Å². The zero-order valence-corrected chi connectivity index (χ0v) is 19.0. The maximum atomic E-state index is 13.1. The average Bonchev–Trinajstić information content (AvgIpc) is 3.18. The Morgan fingerprint density at radius 2 is 1.88 bits per heavy atom. The van der Waals surface area contributed by atoms with E-state index in [1.54, 1.807) is 35.7 Å². The van der Waals surface area contributed by atoms with E-state index in [2.05, 4.69) is 54.0 Å². The third-order valence-corrected chi connectivity index (χ3v) is 6.33. The highest BCUT2D eigenvalue weighted by Crippen LogP contribution is 2.55. The van der Waals surface area contributed by atoms with Crippen molar-refractivity contribution < 1.29 is 14.3 Å². The molecule has 0 bridgehead atoms. The van der Waals surface area contributed by atoms with Gasteiger partial charge in [-0.2, -0.15) is 10.2 Å². The molecule has 0 aromatic carbocycles. The van der Waals surface area contributed by atoms with Crippen LogP contribution in [0.4, 0.5) is 0 Å². The van der Waals surface area contributed by atoms with Gasteiger partial charge in [-0.3, -0.25) is 9.20 Å². The van der Waals surface area contributed by atoms with E-state index in [0.29, 0.717) is 34.5 Å². The molecular formula is C23H26N6O3. The van der Waals surface area contributed by atoms with Crippen LogP contribution in [0.25, 0.3) is 5.78 Å². The smallest absolute Gasteiger partial charge is 0.270 e. The van der Waals surface area contributed by atoms with Crippen molar-refractivity contribution in [3.8, 4) is 17.8 Å². The number of imidazole rings is 1. The molecule has 0 saturated heterocycles. The van der Waals surface area contributed by atoms with Crippen LogP contribution in [0.1, 0.15) is 49.4 Å². The Morgan fingerprint density at radius 1 is 1.16 bits per heavy atom. The molecule has 1 saturated carbocycles. The van der Waals surface area contributed by atoms with Gasteiger partial charge in [-0.15, -0.1) is 0 Å². The van der Waals surface area contributed by atoms with Gasteiger partial charge in [0.2, 0.25) is 17.5 Å². The topological polar surface area (TPSA) is 114 Å². The average molecular weight is 435 g/mol. The summed E-state index contributed by atoms with van der Waals surface area (Å²) >= 11 is 0. The predicted octanol–water partition coefficient (Wildman–Crippen LogP) is 2.93. The largest absolute Gasteiger partial charge is 0.481 e. The van der Waals surface area contributed by atoms with Crippen molar-refractivity contribution in [2.75, 3.05) is 7.11 Å². The Balaban J connectivity index is 1.53. The molecule has 0 radical (unpaired) electrons. The number of fused-ring (bicyclic) bond motifs is 1. The minimum absolute atomic E-state index is 0.149. The third kappa shape index (κ3) is 3.32. The van der Waals surface area contributed by atoms with E-state index in [1.807, 2.05) is 0 Å². The molecule has 0 atom stereocenters.